The number of hydrogen-bond acceptors (Lipinski definition) is 6. The van der Waals surface area contributed by atoms with Gasteiger partial charge in [-0.3, -0.25) is 9.59 Å². The number of benzene rings is 2. The Balaban J connectivity index is 2.25. The van der Waals surface area contributed by atoms with Crippen molar-refractivity contribution in [3.63, 3.8) is 0 Å². The number of carbonyl (C=O) groups excluding carboxylic acids is 2. The molecule has 1 unspecified atom stereocenters. The number of Topliss-reactive ketones (excluding diaryl/α,β-unsaturated/α-hetero) is 1. The molecule has 0 aliphatic heterocycles. The summed E-state index contributed by atoms with van der Waals surface area (Å²) in [5, 5.41) is 10.7. The minimum atomic E-state index is -1.25. The quantitative estimate of drug-likeness (QED) is 0.531. The number of anilines is 1. The number of nitrogens with one attached hydrogen (secondary N) is 1. The Morgan fingerprint density at radius 1 is 1.00 bits per heavy atom. The van der Waals surface area contributed by atoms with Crippen molar-refractivity contribution in [2.75, 3.05) is 18.5 Å². The lowest BCUT2D eigenvalue weighted by Crippen LogP contribution is -2.31. The van der Waals surface area contributed by atoms with Gasteiger partial charge in [-0.1, -0.05) is 24.3 Å². The fourth-order valence-electron chi connectivity index (χ4n) is 2.31. The van der Waals surface area contributed by atoms with Crippen molar-refractivity contribution in [3.05, 3.63) is 48.5 Å². The van der Waals surface area contributed by atoms with Crippen LogP contribution >= 0.6 is 0 Å². The Morgan fingerprint density at radius 3 is 2.33 bits per heavy atom. The van der Waals surface area contributed by atoms with Gasteiger partial charge in [-0.25, -0.2) is 0 Å². The zero-order chi connectivity index (χ0) is 19.6. The molecule has 7 nitrogen and oxygen atoms in total. The third-order valence-corrected chi connectivity index (χ3v) is 3.50. The van der Waals surface area contributed by atoms with Crippen LogP contribution in [0.5, 0.6) is 11.5 Å². The smallest absolute Gasteiger partial charge is 0.258 e. The van der Waals surface area contributed by atoms with Crippen LogP contribution in [0, 0.1) is 0 Å². The number of ketones is 1. The first-order valence-corrected chi connectivity index (χ1v) is 8.72. The molecule has 7 heteroatoms. The number of hydrogen-bond donors (Lipinski definition) is 1. The Hall–Kier alpha value is -3.22. The summed E-state index contributed by atoms with van der Waals surface area (Å²) in [5.41, 5.74) is 0.971. The molecule has 2 aromatic carbocycles. The van der Waals surface area contributed by atoms with E-state index >= 15 is 0 Å². The van der Waals surface area contributed by atoms with Gasteiger partial charge in [0.25, 0.3) is 5.91 Å². The van der Waals surface area contributed by atoms with Crippen LogP contribution in [0.3, 0.4) is 0 Å². The fraction of sp³-hybridized carbons (Fsp3) is 0.300. The van der Waals surface area contributed by atoms with Gasteiger partial charge in [0.1, 0.15) is 5.69 Å². The molecule has 142 valence electrons. The maximum Gasteiger partial charge on any atom is 0.258 e. The molecule has 0 saturated carbocycles. The van der Waals surface area contributed by atoms with Crippen LogP contribution < -0.4 is 14.8 Å². The highest BCUT2D eigenvalue weighted by Gasteiger charge is 2.23. The molecule has 0 aliphatic rings. The highest BCUT2D eigenvalue weighted by Crippen LogP contribution is 2.37. The summed E-state index contributed by atoms with van der Waals surface area (Å²) in [7, 11) is 0. The minimum absolute atomic E-state index is 0.390. The van der Waals surface area contributed by atoms with Crippen molar-refractivity contribution in [1.82, 2.24) is 0 Å². The molecule has 1 amide bonds. The Labute approximate surface area is 158 Å². The topological polar surface area (TPSA) is 89.4 Å². The van der Waals surface area contributed by atoms with Crippen molar-refractivity contribution in [1.29, 1.82) is 0 Å². The van der Waals surface area contributed by atoms with E-state index in [1.807, 2.05) is 19.9 Å². The molecule has 0 saturated heterocycles. The standard InChI is InChI=1S/C20H23N3O4/c1-4-26-17-13-9-12-16(19(17)27-5-2)22-23-18(14(3)24)20(25)21-15-10-7-6-8-11-15/h6-13,18H,4-5H2,1-3H3,(H,21,25). The number of para-hydroxylation sites is 2. The summed E-state index contributed by atoms with van der Waals surface area (Å²) in [4.78, 5) is 24.3. The lowest BCUT2D eigenvalue weighted by atomic mass is 10.2. The molecule has 27 heavy (non-hydrogen) atoms. The van der Waals surface area contributed by atoms with Gasteiger partial charge < -0.3 is 14.8 Å². The average molecular weight is 369 g/mol. The lowest BCUT2D eigenvalue weighted by Gasteiger charge is -2.13. The van der Waals surface area contributed by atoms with Crippen LogP contribution in [0.15, 0.2) is 58.8 Å². The van der Waals surface area contributed by atoms with Crippen LogP contribution in [0.1, 0.15) is 20.8 Å². The number of azo groups is 1. The van der Waals surface area contributed by atoms with Crippen molar-refractivity contribution in [2.24, 2.45) is 10.2 Å². The molecule has 0 heterocycles. The van der Waals surface area contributed by atoms with Crippen LogP contribution in [-0.2, 0) is 9.59 Å². The van der Waals surface area contributed by atoms with E-state index in [1.54, 1.807) is 42.5 Å². The highest BCUT2D eigenvalue weighted by atomic mass is 16.5. The van der Waals surface area contributed by atoms with E-state index in [0.29, 0.717) is 36.1 Å². The van der Waals surface area contributed by atoms with E-state index in [1.165, 1.54) is 6.92 Å². The predicted molar refractivity (Wildman–Crippen MR) is 103 cm³/mol. The van der Waals surface area contributed by atoms with Gasteiger partial charge in [-0.15, -0.1) is 0 Å². The first-order chi connectivity index (χ1) is 13.1. The fourth-order valence-corrected chi connectivity index (χ4v) is 2.31. The molecule has 0 radical (unpaired) electrons. The van der Waals surface area contributed by atoms with E-state index in [9.17, 15) is 9.59 Å². The van der Waals surface area contributed by atoms with Gasteiger partial charge in [0, 0.05) is 5.69 Å². The van der Waals surface area contributed by atoms with Crippen LogP contribution in [-0.4, -0.2) is 30.9 Å². The largest absolute Gasteiger partial charge is 0.490 e. The summed E-state index contributed by atoms with van der Waals surface area (Å²) >= 11 is 0. The highest BCUT2D eigenvalue weighted by molar-refractivity contribution is 6.10. The normalized spacial score (nSPS) is 11.8. The monoisotopic (exact) mass is 369 g/mol. The van der Waals surface area contributed by atoms with Crippen LogP contribution in [0.4, 0.5) is 11.4 Å². The molecular weight excluding hydrogens is 346 g/mol. The van der Waals surface area contributed by atoms with Crippen molar-refractivity contribution in [3.8, 4) is 11.5 Å². The van der Waals surface area contributed by atoms with Gasteiger partial charge in [-0.2, -0.15) is 10.2 Å². The summed E-state index contributed by atoms with van der Waals surface area (Å²) in [6.07, 6.45) is 0. The Bertz CT molecular complexity index is 806. The SMILES string of the molecule is CCOc1cccc(N=NC(C(C)=O)C(=O)Nc2ccccc2)c1OCC. The summed E-state index contributed by atoms with van der Waals surface area (Å²) in [5.74, 6) is 0.00255. The Kier molecular flexibility index (Phi) is 7.49. The molecule has 2 aromatic rings. The van der Waals surface area contributed by atoms with Gasteiger partial charge >= 0.3 is 0 Å². The third kappa shape index (κ3) is 5.64. The predicted octanol–water partition coefficient (Wildman–Crippen LogP) is 4.16. The first kappa shape index (κ1) is 20.1. The molecule has 1 atom stereocenters. The molecular formula is C20H23N3O4. The molecule has 0 spiro atoms. The molecule has 0 bridgehead atoms. The van der Waals surface area contributed by atoms with E-state index in [4.69, 9.17) is 9.47 Å². The molecule has 2 rings (SSSR count). The zero-order valence-electron chi connectivity index (χ0n) is 15.6. The number of nitrogens with zero attached hydrogens (tertiary/aromatic N) is 2. The first-order valence-electron chi connectivity index (χ1n) is 8.72. The van der Waals surface area contributed by atoms with Crippen molar-refractivity contribution >= 4 is 23.1 Å². The zero-order valence-corrected chi connectivity index (χ0v) is 15.6. The number of amides is 1. The van der Waals surface area contributed by atoms with E-state index < -0.39 is 17.7 Å². The summed E-state index contributed by atoms with van der Waals surface area (Å²) in [6, 6.07) is 12.8. The number of ether oxygens (including phenoxy) is 2. The maximum absolute atomic E-state index is 12.4. The second-order valence-electron chi connectivity index (χ2n) is 5.55. The molecule has 0 aliphatic carbocycles. The van der Waals surface area contributed by atoms with Gasteiger partial charge in [0.2, 0.25) is 6.04 Å². The number of rotatable bonds is 9. The van der Waals surface area contributed by atoms with E-state index in [-0.39, 0.29) is 0 Å². The Morgan fingerprint density at radius 2 is 1.70 bits per heavy atom. The minimum Gasteiger partial charge on any atom is -0.490 e. The maximum atomic E-state index is 12.4. The van der Waals surface area contributed by atoms with E-state index in [2.05, 4.69) is 15.5 Å². The van der Waals surface area contributed by atoms with Crippen molar-refractivity contribution < 1.29 is 19.1 Å². The third-order valence-electron chi connectivity index (χ3n) is 3.50. The van der Waals surface area contributed by atoms with Crippen LogP contribution in [0.2, 0.25) is 0 Å². The van der Waals surface area contributed by atoms with E-state index in [0.717, 1.165) is 0 Å². The van der Waals surface area contributed by atoms with Gasteiger partial charge in [-0.05, 0) is 45.0 Å². The lowest BCUT2D eigenvalue weighted by molar-refractivity contribution is -0.126. The second kappa shape index (κ2) is 10.1. The van der Waals surface area contributed by atoms with Crippen molar-refractivity contribution in [2.45, 2.75) is 26.8 Å². The molecule has 0 aromatic heterocycles. The molecule has 0 fully saturated rings. The average Bonchev–Trinajstić information content (AvgIpc) is 2.65. The summed E-state index contributed by atoms with van der Waals surface area (Å²) < 4.78 is 11.1. The molecule has 1 N–H and O–H groups in total. The van der Waals surface area contributed by atoms with Gasteiger partial charge in [0.15, 0.2) is 17.3 Å². The second-order valence-corrected chi connectivity index (χ2v) is 5.55. The van der Waals surface area contributed by atoms with Gasteiger partial charge in [0.05, 0.1) is 13.2 Å². The van der Waals surface area contributed by atoms with Crippen LogP contribution in [0.25, 0.3) is 0 Å². The summed E-state index contributed by atoms with van der Waals surface area (Å²) in [6.45, 7) is 5.89. The number of carbonyl (C=O) groups is 2.